The molecule has 1 fully saturated rings. The van der Waals surface area contributed by atoms with Crippen LogP contribution in [-0.2, 0) is 9.53 Å². The van der Waals surface area contributed by atoms with Gasteiger partial charge in [0.1, 0.15) is 12.4 Å². The van der Waals surface area contributed by atoms with Crippen LogP contribution in [0.5, 0.6) is 5.75 Å². The predicted octanol–water partition coefficient (Wildman–Crippen LogP) is 5.13. The third-order valence-corrected chi connectivity index (χ3v) is 6.75. The highest BCUT2D eigenvalue weighted by atomic mass is 35.5. The maximum absolute atomic E-state index is 11.4. The van der Waals surface area contributed by atoms with Crippen molar-refractivity contribution < 1.29 is 24.5 Å². The van der Waals surface area contributed by atoms with Crippen molar-refractivity contribution in [3.63, 3.8) is 0 Å². The molecule has 0 aromatic heterocycles. The molecule has 32 heavy (non-hydrogen) atoms. The van der Waals surface area contributed by atoms with Gasteiger partial charge in [-0.25, -0.2) is 0 Å². The van der Waals surface area contributed by atoms with Crippen molar-refractivity contribution in [2.45, 2.75) is 43.6 Å². The normalized spacial score (nSPS) is 23.1. The van der Waals surface area contributed by atoms with Crippen LogP contribution in [0.2, 0.25) is 5.02 Å². The number of aliphatic hydroxyl groups excluding tert-OH is 2. The number of aliphatic hydroxyl groups is 2. The number of carbonyl (C=O) groups excluding carboxylic acids is 1. The Morgan fingerprint density at radius 1 is 1.12 bits per heavy atom. The number of unbranched alkanes of at least 4 members (excludes halogenated alkanes) is 1. The Labute approximate surface area is 198 Å². The number of hydrogen-bond donors (Lipinski definition) is 2. The summed E-state index contributed by atoms with van der Waals surface area (Å²) < 4.78 is 11.0. The Bertz CT molecular complexity index is 916. The van der Waals surface area contributed by atoms with Crippen LogP contribution in [0.1, 0.15) is 32.1 Å². The lowest BCUT2D eigenvalue weighted by Gasteiger charge is -2.23. The van der Waals surface area contributed by atoms with Gasteiger partial charge >= 0.3 is 5.97 Å². The van der Waals surface area contributed by atoms with E-state index in [1.807, 2.05) is 42.5 Å². The van der Waals surface area contributed by atoms with Crippen LogP contribution in [0, 0.1) is 11.8 Å². The molecule has 2 aromatic rings. The number of benzene rings is 2. The molecule has 0 amide bonds. The van der Waals surface area contributed by atoms with Gasteiger partial charge in [0.25, 0.3) is 0 Å². The smallest absolute Gasteiger partial charge is 0.305 e. The molecular formula is C25H30Cl2O5. The summed E-state index contributed by atoms with van der Waals surface area (Å²) in [5.41, 5.74) is 0. The summed E-state index contributed by atoms with van der Waals surface area (Å²) in [7, 11) is 0. The van der Waals surface area contributed by atoms with Crippen molar-refractivity contribution in [2.24, 2.45) is 11.8 Å². The minimum Gasteiger partial charge on any atom is -0.493 e. The second-order valence-electron chi connectivity index (χ2n) is 8.09. The van der Waals surface area contributed by atoms with Crippen LogP contribution in [0.4, 0.5) is 0 Å². The summed E-state index contributed by atoms with van der Waals surface area (Å²) in [6.45, 7) is 0.272. The molecular weight excluding hydrogens is 451 g/mol. The van der Waals surface area contributed by atoms with E-state index in [-0.39, 0.29) is 36.4 Å². The Morgan fingerprint density at radius 3 is 2.69 bits per heavy atom. The van der Waals surface area contributed by atoms with Gasteiger partial charge in [0, 0.05) is 33.5 Å². The monoisotopic (exact) mass is 480 g/mol. The number of hydrogen-bond acceptors (Lipinski definition) is 5. The first kappa shape index (κ1) is 24.8. The number of halogens is 2. The number of alkyl halides is 1. The summed E-state index contributed by atoms with van der Waals surface area (Å²) in [5, 5.41) is 21.7. The van der Waals surface area contributed by atoms with Gasteiger partial charge < -0.3 is 19.7 Å². The van der Waals surface area contributed by atoms with Crippen LogP contribution in [0.15, 0.2) is 48.6 Å². The van der Waals surface area contributed by atoms with Gasteiger partial charge in [0.05, 0.1) is 19.3 Å². The van der Waals surface area contributed by atoms with E-state index in [9.17, 15) is 9.90 Å². The van der Waals surface area contributed by atoms with Gasteiger partial charge in [-0.05, 0) is 43.7 Å². The lowest BCUT2D eigenvalue weighted by molar-refractivity contribution is -0.144. The fourth-order valence-corrected chi connectivity index (χ4v) is 4.90. The molecule has 5 nitrogen and oxygen atoms in total. The second-order valence-corrected chi connectivity index (χ2v) is 9.06. The number of fused-ring (bicyclic) bond motifs is 1. The highest BCUT2D eigenvalue weighted by molar-refractivity contribution is 6.35. The van der Waals surface area contributed by atoms with E-state index in [0.717, 1.165) is 29.4 Å². The maximum atomic E-state index is 11.4. The van der Waals surface area contributed by atoms with E-state index in [1.54, 1.807) is 0 Å². The molecule has 7 heteroatoms. The molecule has 0 spiro atoms. The standard InChI is InChI=1S/C25H30Cl2O5/c26-21-11-12-24(19-9-6-5-8-17(19)21)32-16-20-18(22(27)15-23(20)29)7-3-1-2-4-10-25(30)31-14-13-28/h1,3,5-6,8-9,11-12,18,20,22-23,28-29H,2,4,7,10,13-16H2/b3-1-/t18-,20-,22-,23-/m1/s1. The molecule has 1 aliphatic carbocycles. The summed E-state index contributed by atoms with van der Waals surface area (Å²) >= 11 is 12.8. The van der Waals surface area contributed by atoms with Crippen LogP contribution in [0.25, 0.3) is 10.8 Å². The first-order valence-corrected chi connectivity index (χ1v) is 11.9. The lowest BCUT2D eigenvalue weighted by Crippen LogP contribution is -2.27. The molecule has 2 N–H and O–H groups in total. The minimum absolute atomic E-state index is 0.0467. The average molecular weight is 481 g/mol. The second kappa shape index (κ2) is 12.4. The summed E-state index contributed by atoms with van der Waals surface area (Å²) in [5.74, 6) is 0.498. The number of ether oxygens (including phenoxy) is 2. The maximum Gasteiger partial charge on any atom is 0.305 e. The predicted molar refractivity (Wildman–Crippen MR) is 127 cm³/mol. The quantitative estimate of drug-likeness (QED) is 0.202. The number of allylic oxidation sites excluding steroid dienone is 2. The molecule has 0 heterocycles. The van der Waals surface area contributed by atoms with Crippen molar-refractivity contribution in [3.8, 4) is 5.75 Å². The third kappa shape index (κ3) is 6.61. The third-order valence-electron chi connectivity index (χ3n) is 5.92. The Kier molecular flexibility index (Phi) is 9.67. The molecule has 0 aliphatic heterocycles. The summed E-state index contributed by atoms with van der Waals surface area (Å²) in [4.78, 5) is 11.4. The molecule has 0 saturated heterocycles. The highest BCUT2D eigenvalue weighted by Gasteiger charge is 2.41. The van der Waals surface area contributed by atoms with Crippen molar-refractivity contribution in [2.75, 3.05) is 19.8 Å². The molecule has 2 aromatic carbocycles. The first-order chi connectivity index (χ1) is 15.5. The van der Waals surface area contributed by atoms with Gasteiger partial charge in [-0.1, -0.05) is 48.0 Å². The highest BCUT2D eigenvalue weighted by Crippen LogP contribution is 2.40. The van der Waals surface area contributed by atoms with Crippen molar-refractivity contribution in [1.29, 1.82) is 0 Å². The van der Waals surface area contributed by atoms with Crippen molar-refractivity contribution in [3.05, 3.63) is 53.6 Å². The molecule has 4 atom stereocenters. The average Bonchev–Trinajstić information content (AvgIpc) is 3.06. The van der Waals surface area contributed by atoms with Crippen molar-refractivity contribution in [1.82, 2.24) is 0 Å². The zero-order valence-corrected chi connectivity index (χ0v) is 19.5. The zero-order valence-electron chi connectivity index (χ0n) is 18.0. The van der Waals surface area contributed by atoms with Crippen molar-refractivity contribution >= 4 is 39.9 Å². The topological polar surface area (TPSA) is 76.0 Å². The van der Waals surface area contributed by atoms with E-state index in [0.29, 0.717) is 30.9 Å². The van der Waals surface area contributed by atoms with E-state index in [1.165, 1.54) is 0 Å². The van der Waals surface area contributed by atoms with E-state index >= 15 is 0 Å². The Hall–Kier alpha value is -1.79. The molecule has 1 aliphatic rings. The van der Waals surface area contributed by atoms with E-state index < -0.39 is 6.10 Å². The van der Waals surface area contributed by atoms with E-state index in [4.69, 9.17) is 37.8 Å². The number of rotatable bonds is 11. The minimum atomic E-state index is -0.504. The van der Waals surface area contributed by atoms with Crippen LogP contribution in [-0.4, -0.2) is 47.5 Å². The fraction of sp³-hybridized carbons (Fsp3) is 0.480. The first-order valence-electron chi connectivity index (χ1n) is 11.0. The van der Waals surface area contributed by atoms with Crippen LogP contribution in [0.3, 0.4) is 0 Å². The largest absolute Gasteiger partial charge is 0.493 e. The lowest BCUT2D eigenvalue weighted by atomic mass is 9.92. The molecule has 0 radical (unpaired) electrons. The van der Waals surface area contributed by atoms with Gasteiger partial charge in [-0.2, -0.15) is 0 Å². The molecule has 174 valence electrons. The Balaban J connectivity index is 1.52. The molecule has 1 saturated carbocycles. The van der Waals surface area contributed by atoms with Crippen LogP contribution < -0.4 is 4.74 Å². The van der Waals surface area contributed by atoms with Gasteiger partial charge in [0.2, 0.25) is 0 Å². The van der Waals surface area contributed by atoms with Gasteiger partial charge in [-0.3, -0.25) is 4.79 Å². The zero-order chi connectivity index (χ0) is 22.9. The van der Waals surface area contributed by atoms with Gasteiger partial charge in [0.15, 0.2) is 0 Å². The number of carbonyl (C=O) groups is 1. The number of esters is 1. The van der Waals surface area contributed by atoms with E-state index in [2.05, 4.69) is 6.08 Å². The molecule has 0 bridgehead atoms. The SMILES string of the molecule is O=C(CCC/C=C\C[C@@H]1[C@@H](COc2ccc(Cl)c3ccccc23)[C@H](O)C[C@H]1Cl)OCCO. The fourth-order valence-electron chi connectivity index (χ4n) is 4.20. The van der Waals surface area contributed by atoms with Crippen LogP contribution >= 0.6 is 23.2 Å². The summed E-state index contributed by atoms with van der Waals surface area (Å²) in [6.07, 6.45) is 6.68. The van der Waals surface area contributed by atoms with Gasteiger partial charge in [-0.15, -0.1) is 11.6 Å². The molecule has 0 unspecified atom stereocenters. The summed E-state index contributed by atoms with van der Waals surface area (Å²) in [6, 6.07) is 11.5. The molecule has 3 rings (SSSR count). The Morgan fingerprint density at radius 2 is 1.91 bits per heavy atom.